The van der Waals surface area contributed by atoms with Crippen molar-refractivity contribution in [3.8, 4) is 5.75 Å². The van der Waals surface area contributed by atoms with Gasteiger partial charge in [-0.05, 0) is 12.1 Å². The molecule has 1 aromatic heterocycles. The minimum Gasteiger partial charge on any atom is -0.545 e. The number of carbonyl (C=O) groups is 1. The van der Waals surface area contributed by atoms with Crippen molar-refractivity contribution in [2.75, 3.05) is 11.5 Å². The van der Waals surface area contributed by atoms with Gasteiger partial charge >= 0.3 is 16.3 Å². The van der Waals surface area contributed by atoms with Crippen molar-refractivity contribution in [1.29, 1.82) is 0 Å². The van der Waals surface area contributed by atoms with E-state index in [1.54, 1.807) is 0 Å². The molecule has 0 aliphatic heterocycles. The number of benzene rings is 1. The molecule has 12 nitrogen and oxygen atoms in total. The second kappa shape index (κ2) is 8.47. The van der Waals surface area contributed by atoms with E-state index in [1.165, 1.54) is 18.2 Å². The number of carboxylic acid groups (broad SMARTS) is 1. The van der Waals surface area contributed by atoms with Crippen LogP contribution in [0.25, 0.3) is 0 Å². The van der Waals surface area contributed by atoms with Crippen LogP contribution in [0.1, 0.15) is 10.4 Å². The van der Waals surface area contributed by atoms with Crippen LogP contribution in [-0.4, -0.2) is 29.4 Å². The number of aromatic amines is 2. The van der Waals surface area contributed by atoms with Crippen LogP contribution in [0, 0.1) is 0 Å². The molecule has 0 aliphatic rings. The molecule has 2 rings (SSSR count). The maximum Gasteiger partial charge on any atom is 0.446 e. The Hall–Kier alpha value is -3.16. The van der Waals surface area contributed by atoms with Crippen LogP contribution in [0.15, 0.2) is 35.1 Å². The van der Waals surface area contributed by atoms with Crippen molar-refractivity contribution >= 4 is 28.1 Å². The molecule has 0 unspecified atom stereocenters. The van der Waals surface area contributed by atoms with Crippen molar-refractivity contribution in [1.82, 2.24) is 4.98 Å². The van der Waals surface area contributed by atoms with E-state index < -0.39 is 27.7 Å². The summed E-state index contributed by atoms with van der Waals surface area (Å²) < 4.78 is 32.9. The van der Waals surface area contributed by atoms with Gasteiger partial charge in [-0.25, -0.2) is 9.97 Å². The monoisotopic (exact) mass is 362 g/mol. The first-order valence-electron chi connectivity index (χ1n) is 5.73. The highest BCUT2D eigenvalue weighted by molar-refractivity contribution is 7.81. The summed E-state index contributed by atoms with van der Waals surface area (Å²) >= 11 is 0. The van der Waals surface area contributed by atoms with Crippen molar-refractivity contribution in [3.05, 3.63) is 46.2 Å². The van der Waals surface area contributed by atoms with Crippen LogP contribution < -0.4 is 31.3 Å². The average molecular weight is 362 g/mol. The van der Waals surface area contributed by atoms with E-state index in [1.807, 2.05) is 0 Å². The maximum atomic E-state index is 10.5. The number of carboxylic acids is 1. The molecule has 0 saturated carbocycles. The molecule has 13 heteroatoms. The van der Waals surface area contributed by atoms with Gasteiger partial charge in [0.25, 0.3) is 5.56 Å². The molecule has 0 aliphatic carbocycles. The van der Waals surface area contributed by atoms with Crippen LogP contribution in [0.4, 0.5) is 11.8 Å². The van der Waals surface area contributed by atoms with Gasteiger partial charge in [0.15, 0.2) is 11.6 Å². The molecule has 0 bridgehead atoms. The van der Waals surface area contributed by atoms with Gasteiger partial charge in [0.2, 0.25) is 0 Å². The average Bonchev–Trinajstić information content (AvgIpc) is 2.36. The van der Waals surface area contributed by atoms with Gasteiger partial charge in [-0.1, -0.05) is 12.1 Å². The Kier molecular flexibility index (Phi) is 7.35. The van der Waals surface area contributed by atoms with Gasteiger partial charge in [-0.3, -0.25) is 9.35 Å². The minimum atomic E-state index is -4.72. The Bertz CT molecular complexity index is 841. The Morgan fingerprint density at radius 2 is 1.88 bits per heavy atom. The second-order valence-electron chi connectivity index (χ2n) is 3.92. The molecule has 0 saturated heterocycles. The van der Waals surface area contributed by atoms with E-state index in [4.69, 9.17) is 16.0 Å². The lowest BCUT2D eigenvalue weighted by molar-refractivity contribution is -0.346. The molecule has 0 fully saturated rings. The molecule has 1 aromatic carbocycles. The van der Waals surface area contributed by atoms with Crippen molar-refractivity contribution in [2.45, 2.75) is 0 Å². The second-order valence-corrected chi connectivity index (χ2v) is 4.94. The van der Waals surface area contributed by atoms with Crippen LogP contribution in [0.2, 0.25) is 0 Å². The zero-order valence-corrected chi connectivity index (χ0v) is 12.7. The highest BCUT2D eigenvalue weighted by Crippen LogP contribution is 2.18. The summed E-state index contributed by atoms with van der Waals surface area (Å²) in [6.45, 7) is 0. The lowest BCUT2D eigenvalue weighted by Gasteiger charge is -2.08. The number of anilines is 2. The normalized spacial score (nSPS) is 9.88. The van der Waals surface area contributed by atoms with Gasteiger partial charge in [-0.15, -0.1) is 0 Å². The molecule has 1 heterocycles. The zero-order chi connectivity index (χ0) is 17.6. The predicted octanol–water partition coefficient (Wildman–Crippen LogP) is -3.24. The topological polar surface area (TPSA) is 234 Å². The third kappa shape index (κ3) is 7.21. The minimum absolute atomic E-state index is 0. The van der Waals surface area contributed by atoms with Crippen molar-refractivity contribution < 1.29 is 37.5 Å². The molecule has 0 atom stereocenters. The summed E-state index contributed by atoms with van der Waals surface area (Å²) in [7, 11) is -4.72. The van der Waals surface area contributed by atoms with Crippen molar-refractivity contribution in [2.24, 2.45) is 0 Å². The first-order valence-corrected chi connectivity index (χ1v) is 7.10. The number of aromatic nitrogens is 2. The summed E-state index contributed by atoms with van der Waals surface area (Å²) in [4.78, 5) is 25.7. The fourth-order valence-electron chi connectivity index (χ4n) is 1.35. The van der Waals surface area contributed by atoms with Gasteiger partial charge in [-0.2, -0.15) is 8.42 Å². The fourth-order valence-corrected chi connectivity index (χ4v) is 1.73. The first-order chi connectivity index (χ1) is 10.6. The van der Waals surface area contributed by atoms with E-state index in [9.17, 15) is 23.1 Å². The van der Waals surface area contributed by atoms with E-state index in [2.05, 4.69) is 14.2 Å². The number of hydrogen-bond donors (Lipinski definition) is 4. The number of H-pyrrole nitrogens is 2. The van der Waals surface area contributed by atoms with Crippen LogP contribution in [0.5, 0.6) is 5.75 Å². The Morgan fingerprint density at radius 1 is 1.29 bits per heavy atom. The Balaban J connectivity index is 0.000000460. The van der Waals surface area contributed by atoms with E-state index in [-0.39, 0.29) is 22.8 Å². The SMILES string of the molecule is Nc1cc(=O)[nH]c(N)[nH+]1.O.O=C([O-])c1ccccc1OS(=O)(=O)O. The third-order valence-electron chi connectivity index (χ3n) is 2.13. The molecular weight excluding hydrogens is 348 g/mol. The largest absolute Gasteiger partial charge is 0.545 e. The predicted molar refractivity (Wildman–Crippen MR) is 79.0 cm³/mol. The van der Waals surface area contributed by atoms with E-state index in [0.29, 0.717) is 0 Å². The standard InChI is InChI=1S/C7H6O6S.C4H6N4O.H2O/c8-7(9)5-3-1-2-4-6(5)13-14(10,11)12;5-2-1-3(9)8-4(6)7-2;/h1-4H,(H,8,9)(H,10,11,12);1H,(H5,5,6,7,8,9);1H2. The molecule has 0 radical (unpaired) electrons. The number of nitrogens with one attached hydrogen (secondary N) is 2. The van der Waals surface area contributed by atoms with Gasteiger partial charge < -0.3 is 31.0 Å². The number of para-hydroxylation sites is 1. The maximum absolute atomic E-state index is 10.5. The van der Waals surface area contributed by atoms with E-state index in [0.717, 1.165) is 12.1 Å². The first kappa shape index (κ1) is 20.8. The number of carbonyl (C=O) groups excluding carboxylic acids is 1. The molecule has 9 N–H and O–H groups in total. The lowest BCUT2D eigenvalue weighted by atomic mass is 10.2. The number of aromatic carboxylic acids is 1. The van der Waals surface area contributed by atoms with Gasteiger partial charge in [0.1, 0.15) is 0 Å². The highest BCUT2D eigenvalue weighted by Gasteiger charge is 2.11. The summed E-state index contributed by atoms with van der Waals surface area (Å²) in [6, 6.07) is 6.11. The molecular formula is C11H14N4O8S. The van der Waals surface area contributed by atoms with Crippen LogP contribution in [-0.2, 0) is 10.4 Å². The summed E-state index contributed by atoms with van der Waals surface area (Å²) in [6.07, 6.45) is 0. The summed E-state index contributed by atoms with van der Waals surface area (Å²) in [5, 5.41) is 10.4. The quantitative estimate of drug-likeness (QED) is 0.401. The number of nitrogen functional groups attached to an aromatic ring is 2. The number of hydrogen-bond acceptors (Lipinski definition) is 8. The Labute approximate surface area is 135 Å². The van der Waals surface area contributed by atoms with Crippen molar-refractivity contribution in [3.63, 3.8) is 0 Å². The fraction of sp³-hybridized carbons (Fsp3) is 0. The highest BCUT2D eigenvalue weighted by atomic mass is 32.3. The third-order valence-corrected chi connectivity index (χ3v) is 2.52. The number of rotatable bonds is 3. The molecule has 132 valence electrons. The molecule has 2 aromatic rings. The smallest absolute Gasteiger partial charge is 0.446 e. The lowest BCUT2D eigenvalue weighted by Crippen LogP contribution is -2.23. The zero-order valence-electron chi connectivity index (χ0n) is 11.8. The van der Waals surface area contributed by atoms with E-state index >= 15 is 0 Å². The molecule has 0 spiro atoms. The molecule has 0 amide bonds. The molecule has 24 heavy (non-hydrogen) atoms. The Morgan fingerprint density at radius 3 is 2.33 bits per heavy atom. The van der Waals surface area contributed by atoms with Gasteiger partial charge in [0.05, 0.1) is 12.0 Å². The van der Waals surface area contributed by atoms with Crippen LogP contribution >= 0.6 is 0 Å². The number of nitrogens with two attached hydrogens (primary N) is 2. The van der Waals surface area contributed by atoms with Crippen LogP contribution in [0.3, 0.4) is 0 Å². The van der Waals surface area contributed by atoms with Gasteiger partial charge in [0, 0.05) is 5.56 Å². The summed E-state index contributed by atoms with van der Waals surface area (Å²) in [5.74, 6) is -1.66. The summed E-state index contributed by atoms with van der Waals surface area (Å²) in [5.41, 5.74) is 9.62.